The molecule has 1 aromatic carbocycles. The number of rotatable bonds is 2. The molecule has 100 valence electrons. The van der Waals surface area contributed by atoms with E-state index in [9.17, 15) is 0 Å². The molecule has 2 N–H and O–H groups in total. The fraction of sp³-hybridized carbons (Fsp3) is 0.250. The fourth-order valence-electron chi connectivity index (χ4n) is 3.03. The van der Waals surface area contributed by atoms with E-state index in [0.29, 0.717) is 5.92 Å². The summed E-state index contributed by atoms with van der Waals surface area (Å²) in [5, 5.41) is 4.76. The van der Waals surface area contributed by atoms with Gasteiger partial charge < -0.3 is 10.3 Å². The normalized spacial score (nSPS) is 18.7. The van der Waals surface area contributed by atoms with Crippen molar-refractivity contribution < 1.29 is 0 Å². The van der Waals surface area contributed by atoms with Crippen LogP contribution in [0.1, 0.15) is 17.9 Å². The van der Waals surface area contributed by atoms with Crippen molar-refractivity contribution in [2.24, 2.45) is 0 Å². The predicted octanol–water partition coefficient (Wildman–Crippen LogP) is 2.70. The molecule has 2 aromatic heterocycles. The number of nitrogens with zero attached hydrogens (tertiary/aromatic N) is 2. The van der Waals surface area contributed by atoms with Gasteiger partial charge in [-0.15, -0.1) is 0 Å². The molecule has 4 rings (SSSR count). The topological polar surface area (TPSA) is 53.6 Å². The van der Waals surface area contributed by atoms with Gasteiger partial charge in [-0.1, -0.05) is 6.07 Å². The molecule has 0 saturated carbocycles. The summed E-state index contributed by atoms with van der Waals surface area (Å²) in [7, 11) is 0. The molecule has 1 atom stereocenters. The van der Waals surface area contributed by atoms with Crippen LogP contribution in [0, 0.1) is 0 Å². The van der Waals surface area contributed by atoms with Crippen LogP contribution < -0.4 is 5.32 Å². The molecule has 1 fully saturated rings. The minimum atomic E-state index is 0.617. The molecule has 1 unspecified atom stereocenters. The predicted molar refractivity (Wildman–Crippen MR) is 79.6 cm³/mol. The minimum absolute atomic E-state index is 0.617. The Balaban J connectivity index is 1.83. The Morgan fingerprint density at radius 3 is 2.80 bits per heavy atom. The van der Waals surface area contributed by atoms with Gasteiger partial charge in [-0.25, -0.2) is 9.97 Å². The van der Waals surface area contributed by atoms with Crippen molar-refractivity contribution in [3.05, 3.63) is 48.7 Å². The Morgan fingerprint density at radius 1 is 1.10 bits per heavy atom. The first-order valence-electron chi connectivity index (χ1n) is 6.99. The maximum Gasteiger partial charge on any atom is 0.115 e. The van der Waals surface area contributed by atoms with E-state index in [1.165, 1.54) is 28.5 Å². The maximum atomic E-state index is 4.10. The van der Waals surface area contributed by atoms with Crippen molar-refractivity contribution in [3.8, 4) is 11.1 Å². The first kappa shape index (κ1) is 11.6. The molecule has 20 heavy (non-hydrogen) atoms. The van der Waals surface area contributed by atoms with Gasteiger partial charge in [-0.3, -0.25) is 0 Å². The number of nitrogens with one attached hydrogen (secondary N) is 2. The summed E-state index contributed by atoms with van der Waals surface area (Å²) in [6, 6.07) is 6.51. The van der Waals surface area contributed by atoms with Crippen molar-refractivity contribution in [2.75, 3.05) is 13.1 Å². The molecule has 3 aromatic rings. The number of hydrogen-bond acceptors (Lipinski definition) is 3. The van der Waals surface area contributed by atoms with Crippen LogP contribution in [-0.4, -0.2) is 28.0 Å². The second-order valence-corrected chi connectivity index (χ2v) is 5.32. The van der Waals surface area contributed by atoms with Gasteiger partial charge in [0.25, 0.3) is 0 Å². The van der Waals surface area contributed by atoms with Gasteiger partial charge in [0, 0.05) is 41.6 Å². The molecule has 0 spiro atoms. The monoisotopic (exact) mass is 264 g/mol. The van der Waals surface area contributed by atoms with E-state index in [4.69, 9.17) is 0 Å². The highest BCUT2D eigenvalue weighted by Gasteiger charge is 2.19. The first-order valence-corrected chi connectivity index (χ1v) is 6.99. The first-order chi connectivity index (χ1) is 9.92. The van der Waals surface area contributed by atoms with Crippen LogP contribution in [0.4, 0.5) is 0 Å². The minimum Gasteiger partial charge on any atom is -0.361 e. The third kappa shape index (κ3) is 1.89. The van der Waals surface area contributed by atoms with Gasteiger partial charge in [0.15, 0.2) is 0 Å². The number of aromatic amines is 1. The smallest absolute Gasteiger partial charge is 0.115 e. The molecule has 1 aliphatic rings. The number of benzene rings is 1. The summed E-state index contributed by atoms with van der Waals surface area (Å²) in [4.78, 5) is 11.6. The van der Waals surface area contributed by atoms with Crippen molar-refractivity contribution >= 4 is 10.9 Å². The lowest BCUT2D eigenvalue weighted by atomic mass is 9.96. The summed E-state index contributed by atoms with van der Waals surface area (Å²) >= 11 is 0. The lowest BCUT2D eigenvalue weighted by Crippen LogP contribution is -2.07. The van der Waals surface area contributed by atoms with Crippen LogP contribution in [0.2, 0.25) is 0 Å². The van der Waals surface area contributed by atoms with E-state index in [1.54, 1.807) is 6.33 Å². The van der Waals surface area contributed by atoms with Gasteiger partial charge in [0.05, 0.1) is 0 Å². The SMILES string of the molecule is c1ncc(-c2ccc3[nH]cc(C4CCNC4)c3c2)cn1. The summed E-state index contributed by atoms with van der Waals surface area (Å²) in [6.07, 6.45) is 8.66. The van der Waals surface area contributed by atoms with Gasteiger partial charge in [0.1, 0.15) is 6.33 Å². The summed E-state index contributed by atoms with van der Waals surface area (Å²) in [5.41, 5.74) is 4.85. The zero-order valence-corrected chi connectivity index (χ0v) is 11.1. The van der Waals surface area contributed by atoms with E-state index in [2.05, 4.69) is 44.7 Å². The lowest BCUT2D eigenvalue weighted by Gasteiger charge is -2.07. The summed E-state index contributed by atoms with van der Waals surface area (Å²) in [6.45, 7) is 2.19. The zero-order valence-electron chi connectivity index (χ0n) is 11.1. The van der Waals surface area contributed by atoms with Crippen molar-refractivity contribution in [1.29, 1.82) is 0 Å². The zero-order chi connectivity index (χ0) is 13.4. The quantitative estimate of drug-likeness (QED) is 0.748. The second kappa shape index (κ2) is 4.72. The number of H-pyrrole nitrogens is 1. The summed E-state index contributed by atoms with van der Waals surface area (Å²) in [5.74, 6) is 0.617. The second-order valence-electron chi connectivity index (χ2n) is 5.32. The lowest BCUT2D eigenvalue weighted by molar-refractivity contribution is 0.770. The third-order valence-corrected chi connectivity index (χ3v) is 4.11. The molecule has 4 heteroatoms. The fourth-order valence-corrected chi connectivity index (χ4v) is 3.03. The average molecular weight is 264 g/mol. The van der Waals surface area contributed by atoms with Gasteiger partial charge >= 0.3 is 0 Å². The largest absolute Gasteiger partial charge is 0.361 e. The maximum absolute atomic E-state index is 4.10. The Labute approximate surface area is 117 Å². The van der Waals surface area contributed by atoms with E-state index < -0.39 is 0 Å². The highest BCUT2D eigenvalue weighted by molar-refractivity contribution is 5.88. The molecular weight excluding hydrogens is 248 g/mol. The van der Waals surface area contributed by atoms with Crippen LogP contribution in [0.25, 0.3) is 22.0 Å². The van der Waals surface area contributed by atoms with Crippen LogP contribution in [0.5, 0.6) is 0 Å². The third-order valence-electron chi connectivity index (χ3n) is 4.11. The molecule has 0 aliphatic carbocycles. The van der Waals surface area contributed by atoms with Crippen LogP contribution >= 0.6 is 0 Å². The van der Waals surface area contributed by atoms with E-state index in [0.717, 1.165) is 18.7 Å². The Kier molecular flexibility index (Phi) is 2.74. The van der Waals surface area contributed by atoms with Gasteiger partial charge in [-0.05, 0) is 42.1 Å². The van der Waals surface area contributed by atoms with Gasteiger partial charge in [0.2, 0.25) is 0 Å². The number of fused-ring (bicyclic) bond motifs is 1. The molecule has 4 nitrogen and oxygen atoms in total. The average Bonchev–Trinajstić information content (AvgIpc) is 3.16. The number of hydrogen-bond donors (Lipinski definition) is 2. The molecule has 0 amide bonds. The molecule has 0 bridgehead atoms. The van der Waals surface area contributed by atoms with Crippen LogP contribution in [-0.2, 0) is 0 Å². The molecule has 0 radical (unpaired) electrons. The van der Waals surface area contributed by atoms with Crippen molar-refractivity contribution in [1.82, 2.24) is 20.3 Å². The van der Waals surface area contributed by atoms with Crippen molar-refractivity contribution in [3.63, 3.8) is 0 Å². The standard InChI is InChI=1S/C16H16N4/c1-2-16-14(5-11(1)13-7-18-10-19-8-13)15(9-20-16)12-3-4-17-6-12/h1-2,5,7-10,12,17,20H,3-4,6H2. The van der Waals surface area contributed by atoms with E-state index >= 15 is 0 Å². The molecular formula is C16H16N4. The molecule has 3 heterocycles. The highest BCUT2D eigenvalue weighted by Crippen LogP contribution is 2.32. The summed E-state index contributed by atoms with van der Waals surface area (Å²) < 4.78 is 0. The Hall–Kier alpha value is -2.20. The van der Waals surface area contributed by atoms with Crippen LogP contribution in [0.15, 0.2) is 43.1 Å². The van der Waals surface area contributed by atoms with E-state index in [-0.39, 0.29) is 0 Å². The number of aromatic nitrogens is 3. The highest BCUT2D eigenvalue weighted by atomic mass is 14.9. The van der Waals surface area contributed by atoms with E-state index in [1.807, 2.05) is 12.4 Å². The Morgan fingerprint density at radius 2 is 2.00 bits per heavy atom. The van der Waals surface area contributed by atoms with Crippen LogP contribution in [0.3, 0.4) is 0 Å². The van der Waals surface area contributed by atoms with Crippen molar-refractivity contribution in [2.45, 2.75) is 12.3 Å². The Bertz CT molecular complexity index is 727. The molecule has 1 aliphatic heterocycles. The van der Waals surface area contributed by atoms with Gasteiger partial charge in [-0.2, -0.15) is 0 Å². The molecule has 1 saturated heterocycles.